The van der Waals surface area contributed by atoms with Gasteiger partial charge in [-0.3, -0.25) is 5.10 Å². The number of nitriles is 1. The zero-order chi connectivity index (χ0) is 20.8. The topological polar surface area (TPSA) is 87.7 Å². The van der Waals surface area contributed by atoms with E-state index < -0.39 is 5.60 Å². The molecule has 0 saturated carbocycles. The number of hydrogen-bond acceptors (Lipinski definition) is 4. The van der Waals surface area contributed by atoms with Gasteiger partial charge in [-0.2, -0.15) is 10.4 Å². The molecule has 4 rings (SSSR count). The number of aromatic amines is 1. The monoisotopic (exact) mass is 394 g/mol. The van der Waals surface area contributed by atoms with Gasteiger partial charge >= 0.3 is 0 Å². The number of nitrogen functional groups attached to an aromatic ring is 1. The van der Waals surface area contributed by atoms with Gasteiger partial charge in [0.15, 0.2) is 5.82 Å². The lowest BCUT2D eigenvalue weighted by molar-refractivity contribution is 0.0144. The van der Waals surface area contributed by atoms with Gasteiger partial charge in [0.25, 0.3) is 0 Å². The minimum Gasteiger partial charge on any atom is -0.381 e. The minimum absolute atomic E-state index is 0.216. The molecule has 5 nitrogen and oxygen atoms in total. The molecule has 4 aromatic rings. The Labute approximate surface area is 175 Å². The lowest BCUT2D eigenvalue weighted by Crippen LogP contribution is -2.33. The van der Waals surface area contributed by atoms with E-state index in [9.17, 15) is 5.26 Å². The average Bonchev–Trinajstić information content (AvgIpc) is 3.18. The number of H-pyrrole nitrogens is 1. The van der Waals surface area contributed by atoms with Crippen molar-refractivity contribution in [3.05, 3.63) is 119 Å². The van der Waals surface area contributed by atoms with Crippen molar-refractivity contribution in [2.24, 2.45) is 0 Å². The van der Waals surface area contributed by atoms with Crippen molar-refractivity contribution in [2.75, 3.05) is 12.3 Å². The van der Waals surface area contributed by atoms with Gasteiger partial charge in [0.05, 0.1) is 12.3 Å². The van der Waals surface area contributed by atoms with E-state index >= 15 is 0 Å². The molecule has 0 bridgehead atoms. The first-order valence-electron chi connectivity index (χ1n) is 9.79. The molecule has 0 atom stereocenters. The van der Waals surface area contributed by atoms with Gasteiger partial charge < -0.3 is 10.5 Å². The molecule has 5 heteroatoms. The Hall–Kier alpha value is -3.88. The van der Waals surface area contributed by atoms with E-state index in [4.69, 9.17) is 10.5 Å². The van der Waals surface area contributed by atoms with Crippen LogP contribution in [0, 0.1) is 11.3 Å². The van der Waals surface area contributed by atoms with Crippen LogP contribution in [-0.4, -0.2) is 16.8 Å². The fraction of sp³-hybridized carbons (Fsp3) is 0.120. The Morgan fingerprint density at radius 2 is 1.30 bits per heavy atom. The number of aromatic nitrogens is 2. The van der Waals surface area contributed by atoms with Crippen molar-refractivity contribution < 1.29 is 4.74 Å². The lowest BCUT2D eigenvalue weighted by atomic mass is 9.80. The average molecular weight is 394 g/mol. The Kier molecular flexibility index (Phi) is 5.60. The van der Waals surface area contributed by atoms with E-state index in [1.54, 1.807) is 0 Å². The summed E-state index contributed by atoms with van der Waals surface area (Å²) in [5, 5.41) is 16.2. The molecular weight excluding hydrogens is 372 g/mol. The van der Waals surface area contributed by atoms with Crippen molar-refractivity contribution in [3.8, 4) is 6.07 Å². The number of benzene rings is 3. The summed E-state index contributed by atoms with van der Waals surface area (Å²) in [6.07, 6.45) is 0.487. The van der Waals surface area contributed by atoms with Gasteiger partial charge in [-0.15, -0.1) is 0 Å². The summed E-state index contributed by atoms with van der Waals surface area (Å²) < 4.78 is 6.70. The summed E-state index contributed by atoms with van der Waals surface area (Å²) in [5.41, 5.74) is 9.15. The number of nitrogens with one attached hydrogen (secondary N) is 1. The first-order valence-corrected chi connectivity index (χ1v) is 9.79. The molecular formula is C25H22N4O. The molecule has 3 N–H and O–H groups in total. The second kappa shape index (κ2) is 8.64. The first-order chi connectivity index (χ1) is 14.8. The Morgan fingerprint density at radius 3 is 1.73 bits per heavy atom. The fourth-order valence-electron chi connectivity index (χ4n) is 3.77. The van der Waals surface area contributed by atoms with Gasteiger partial charge in [-0.25, -0.2) is 0 Å². The van der Waals surface area contributed by atoms with Gasteiger partial charge in [0.2, 0.25) is 0 Å². The Morgan fingerprint density at radius 1 is 0.833 bits per heavy atom. The van der Waals surface area contributed by atoms with Gasteiger partial charge in [0.1, 0.15) is 17.2 Å². The van der Waals surface area contributed by atoms with Crippen LogP contribution in [0.4, 0.5) is 5.82 Å². The zero-order valence-electron chi connectivity index (χ0n) is 16.5. The van der Waals surface area contributed by atoms with Gasteiger partial charge in [-0.1, -0.05) is 91.0 Å². The summed E-state index contributed by atoms with van der Waals surface area (Å²) >= 11 is 0. The second-order valence-electron chi connectivity index (χ2n) is 6.95. The van der Waals surface area contributed by atoms with E-state index in [2.05, 4.69) is 52.7 Å². The summed E-state index contributed by atoms with van der Waals surface area (Å²) in [6.45, 7) is 0.370. The maximum Gasteiger partial charge on any atom is 0.163 e. The molecule has 0 radical (unpaired) electrons. The smallest absolute Gasteiger partial charge is 0.163 e. The second-order valence-corrected chi connectivity index (χ2v) is 6.95. The highest BCUT2D eigenvalue weighted by molar-refractivity contribution is 5.51. The van der Waals surface area contributed by atoms with Crippen LogP contribution in [-0.2, 0) is 16.8 Å². The van der Waals surface area contributed by atoms with E-state index in [1.807, 2.05) is 54.6 Å². The molecule has 1 heterocycles. The number of nitrogens with two attached hydrogens (primary N) is 1. The van der Waals surface area contributed by atoms with Crippen LogP contribution < -0.4 is 5.73 Å². The van der Waals surface area contributed by atoms with E-state index in [0.717, 1.165) is 16.7 Å². The van der Waals surface area contributed by atoms with E-state index in [1.165, 1.54) is 0 Å². The summed E-state index contributed by atoms with van der Waals surface area (Å²) in [4.78, 5) is 0. The van der Waals surface area contributed by atoms with Crippen LogP contribution in [0.3, 0.4) is 0 Å². The standard InChI is InChI=1S/C25H22N4O/c26-18-22-23(28-29-24(22)27)16-17-30-25(19-10-4-1-5-11-19,20-12-6-2-7-13-20)21-14-8-3-9-15-21/h1-15H,16-17H2,(H3,27,28,29). The minimum atomic E-state index is -0.790. The van der Waals surface area contributed by atoms with Crippen molar-refractivity contribution in [3.63, 3.8) is 0 Å². The molecule has 0 aliphatic heterocycles. The van der Waals surface area contributed by atoms with Crippen LogP contribution in [0.1, 0.15) is 27.9 Å². The summed E-state index contributed by atoms with van der Waals surface area (Å²) in [5.74, 6) is 0.216. The van der Waals surface area contributed by atoms with Gasteiger partial charge in [0, 0.05) is 6.42 Å². The molecule has 0 unspecified atom stereocenters. The highest BCUT2D eigenvalue weighted by Gasteiger charge is 2.37. The van der Waals surface area contributed by atoms with Gasteiger partial charge in [-0.05, 0) is 16.7 Å². The SMILES string of the molecule is N#Cc1c(N)n[nH]c1CCOC(c1ccccc1)(c1ccccc1)c1ccccc1. The third-order valence-corrected chi connectivity index (χ3v) is 5.19. The molecule has 0 aliphatic rings. The third kappa shape index (κ3) is 3.57. The normalized spacial score (nSPS) is 11.2. The number of nitrogens with zero attached hydrogens (tertiary/aromatic N) is 2. The van der Waals surface area contributed by atoms with Crippen LogP contribution >= 0.6 is 0 Å². The molecule has 0 spiro atoms. The van der Waals surface area contributed by atoms with E-state index in [-0.39, 0.29) is 5.82 Å². The first kappa shape index (κ1) is 19.4. The molecule has 0 saturated heterocycles. The molecule has 0 amide bonds. The number of rotatable bonds is 7. The molecule has 0 fully saturated rings. The zero-order valence-corrected chi connectivity index (χ0v) is 16.5. The highest BCUT2D eigenvalue weighted by Crippen LogP contribution is 2.40. The number of anilines is 1. The predicted molar refractivity (Wildman–Crippen MR) is 117 cm³/mol. The predicted octanol–water partition coefficient (Wildman–Crippen LogP) is 4.41. The summed E-state index contributed by atoms with van der Waals surface area (Å²) in [7, 11) is 0. The fourth-order valence-corrected chi connectivity index (χ4v) is 3.77. The van der Waals surface area contributed by atoms with Crippen molar-refractivity contribution in [1.82, 2.24) is 10.2 Å². The maximum atomic E-state index is 9.35. The maximum absolute atomic E-state index is 9.35. The number of hydrogen-bond donors (Lipinski definition) is 2. The number of ether oxygens (including phenoxy) is 1. The molecule has 3 aromatic carbocycles. The lowest BCUT2D eigenvalue weighted by Gasteiger charge is -2.36. The van der Waals surface area contributed by atoms with Crippen LogP contribution in [0.25, 0.3) is 0 Å². The largest absolute Gasteiger partial charge is 0.381 e. The highest BCUT2D eigenvalue weighted by atomic mass is 16.5. The van der Waals surface area contributed by atoms with Crippen LogP contribution in [0.15, 0.2) is 91.0 Å². The van der Waals surface area contributed by atoms with E-state index in [0.29, 0.717) is 24.3 Å². The Bertz CT molecular complexity index is 1040. The molecule has 30 heavy (non-hydrogen) atoms. The van der Waals surface area contributed by atoms with Crippen molar-refractivity contribution >= 4 is 5.82 Å². The summed E-state index contributed by atoms with van der Waals surface area (Å²) in [6, 6.07) is 32.7. The quantitative estimate of drug-likeness (QED) is 0.454. The van der Waals surface area contributed by atoms with Crippen molar-refractivity contribution in [1.29, 1.82) is 5.26 Å². The molecule has 1 aromatic heterocycles. The molecule has 0 aliphatic carbocycles. The van der Waals surface area contributed by atoms with Crippen LogP contribution in [0.5, 0.6) is 0 Å². The molecule has 148 valence electrons. The van der Waals surface area contributed by atoms with Crippen molar-refractivity contribution in [2.45, 2.75) is 12.0 Å². The van der Waals surface area contributed by atoms with Crippen LogP contribution in [0.2, 0.25) is 0 Å². The third-order valence-electron chi connectivity index (χ3n) is 5.19. The Balaban J connectivity index is 1.78.